The Hall–Kier alpha value is -0.720. The van der Waals surface area contributed by atoms with Crippen molar-refractivity contribution in [2.24, 2.45) is 5.92 Å². The van der Waals surface area contributed by atoms with Gasteiger partial charge in [-0.2, -0.15) is 0 Å². The molecule has 1 heterocycles. The lowest BCUT2D eigenvalue weighted by molar-refractivity contribution is -0.120. The predicted molar refractivity (Wildman–Crippen MR) is 74.3 cm³/mol. The van der Waals surface area contributed by atoms with Crippen LogP contribution in [0.5, 0.6) is 0 Å². The molecule has 1 amide bonds. The summed E-state index contributed by atoms with van der Waals surface area (Å²) in [5.74, 6) is 0.224. The van der Waals surface area contributed by atoms with Gasteiger partial charge in [-0.25, -0.2) is 0 Å². The highest BCUT2D eigenvalue weighted by molar-refractivity contribution is 7.73. The Balaban J connectivity index is 1.82. The summed E-state index contributed by atoms with van der Waals surface area (Å²) in [6.45, 7) is 2.50. The number of carbonyl (C=O) groups excluding carboxylic acids is 1. The fourth-order valence-electron chi connectivity index (χ4n) is 2.31. The van der Waals surface area contributed by atoms with Crippen LogP contribution in [0, 0.1) is 16.8 Å². The predicted octanol–water partition coefficient (Wildman–Crippen LogP) is 1.93. The first-order chi connectivity index (χ1) is 8.56. The maximum atomic E-state index is 11.8. The first-order valence-electron chi connectivity index (χ1n) is 6.19. The molecule has 2 rings (SSSR count). The van der Waals surface area contributed by atoms with E-state index in [9.17, 15) is 9.90 Å². The molecule has 100 valence electrons. The lowest BCUT2D eigenvalue weighted by atomic mass is 10.1. The molecule has 0 saturated heterocycles. The molecule has 2 atom stereocenters. The van der Waals surface area contributed by atoms with Gasteiger partial charge in [0.1, 0.15) is 0 Å². The van der Waals surface area contributed by atoms with Crippen LogP contribution in [0.2, 0.25) is 0 Å². The molecule has 6 heteroatoms. The molecule has 0 aliphatic heterocycles. The molecule has 1 saturated carbocycles. The van der Waals surface area contributed by atoms with Gasteiger partial charge in [-0.05, 0) is 32.0 Å². The number of amides is 1. The van der Waals surface area contributed by atoms with Crippen LogP contribution in [-0.4, -0.2) is 28.6 Å². The van der Waals surface area contributed by atoms with Crippen molar-refractivity contribution in [3.8, 4) is 0 Å². The first kappa shape index (κ1) is 13.7. The summed E-state index contributed by atoms with van der Waals surface area (Å²) >= 11 is 6.49. The topological polar surface area (TPSA) is 65.1 Å². The van der Waals surface area contributed by atoms with E-state index in [1.54, 1.807) is 0 Å². The molecule has 3 N–H and O–H groups in total. The van der Waals surface area contributed by atoms with E-state index < -0.39 is 0 Å². The quantitative estimate of drug-likeness (QED) is 0.741. The summed E-state index contributed by atoms with van der Waals surface area (Å²) in [5.41, 5.74) is 0.973. The molecule has 0 spiro atoms. The third-order valence-corrected chi connectivity index (χ3v) is 4.76. The van der Waals surface area contributed by atoms with Gasteiger partial charge in [0.25, 0.3) is 0 Å². The van der Waals surface area contributed by atoms with Crippen molar-refractivity contribution in [2.45, 2.75) is 38.7 Å². The molecule has 1 aromatic heterocycles. The number of rotatable bonds is 4. The van der Waals surface area contributed by atoms with Crippen molar-refractivity contribution in [1.82, 2.24) is 10.3 Å². The Morgan fingerprint density at radius 2 is 2.39 bits per heavy atom. The Morgan fingerprint density at radius 3 is 2.94 bits per heavy atom. The van der Waals surface area contributed by atoms with Crippen molar-refractivity contribution < 1.29 is 9.90 Å². The fraction of sp³-hybridized carbons (Fsp3) is 0.667. The molecule has 1 aliphatic rings. The summed E-state index contributed by atoms with van der Waals surface area (Å²) in [7, 11) is 0. The number of aliphatic hydroxyl groups is 1. The Bertz CT molecular complexity index is 481. The maximum absolute atomic E-state index is 11.8. The van der Waals surface area contributed by atoms with Gasteiger partial charge in [0.05, 0.1) is 12.5 Å². The van der Waals surface area contributed by atoms with Crippen LogP contribution >= 0.6 is 23.6 Å². The van der Waals surface area contributed by atoms with Crippen LogP contribution in [0.15, 0.2) is 0 Å². The summed E-state index contributed by atoms with van der Waals surface area (Å²) in [4.78, 5) is 15.8. The van der Waals surface area contributed by atoms with Crippen molar-refractivity contribution in [3.05, 3.63) is 14.5 Å². The largest absolute Gasteiger partial charge is 0.393 e. The lowest BCUT2D eigenvalue weighted by Gasteiger charge is -2.14. The highest BCUT2D eigenvalue weighted by atomic mass is 32.1. The Labute approximate surface area is 115 Å². The number of carbonyl (C=O) groups is 1. The summed E-state index contributed by atoms with van der Waals surface area (Å²) in [6, 6.07) is 0. The zero-order chi connectivity index (χ0) is 13.1. The highest BCUT2D eigenvalue weighted by Crippen LogP contribution is 2.24. The van der Waals surface area contributed by atoms with Gasteiger partial charge in [0, 0.05) is 23.0 Å². The number of thiazole rings is 1. The van der Waals surface area contributed by atoms with Crippen molar-refractivity contribution in [2.75, 3.05) is 6.54 Å². The monoisotopic (exact) mass is 286 g/mol. The van der Waals surface area contributed by atoms with Crippen LogP contribution in [0.25, 0.3) is 0 Å². The Kier molecular flexibility index (Phi) is 4.53. The van der Waals surface area contributed by atoms with Crippen LogP contribution in [0.4, 0.5) is 0 Å². The minimum Gasteiger partial charge on any atom is -0.393 e. The number of H-pyrrole nitrogens is 1. The van der Waals surface area contributed by atoms with Crippen molar-refractivity contribution >= 4 is 29.5 Å². The summed E-state index contributed by atoms with van der Waals surface area (Å²) in [6.07, 6.45) is 3.04. The number of aliphatic hydroxyl groups excluding tert-OH is 1. The number of aryl methyl sites for hydroxylation is 1. The summed E-state index contributed by atoms with van der Waals surface area (Å²) < 4.78 is 0.710. The smallest absolute Gasteiger partial charge is 0.225 e. The van der Waals surface area contributed by atoms with E-state index in [0.29, 0.717) is 16.9 Å². The third-order valence-electron chi connectivity index (χ3n) is 3.43. The van der Waals surface area contributed by atoms with E-state index in [-0.39, 0.29) is 17.9 Å². The molecular weight excluding hydrogens is 268 g/mol. The fourth-order valence-corrected chi connectivity index (χ4v) is 3.60. The van der Waals surface area contributed by atoms with E-state index in [4.69, 9.17) is 12.2 Å². The average molecular weight is 286 g/mol. The van der Waals surface area contributed by atoms with Gasteiger partial charge in [0.15, 0.2) is 3.95 Å². The van der Waals surface area contributed by atoms with Crippen LogP contribution < -0.4 is 5.32 Å². The molecule has 1 fully saturated rings. The Morgan fingerprint density at radius 1 is 1.61 bits per heavy atom. The summed E-state index contributed by atoms with van der Waals surface area (Å²) in [5, 5.41) is 12.6. The van der Waals surface area contributed by atoms with E-state index in [0.717, 1.165) is 29.8 Å². The van der Waals surface area contributed by atoms with Gasteiger partial charge in [0.2, 0.25) is 5.91 Å². The molecule has 2 unspecified atom stereocenters. The third kappa shape index (κ3) is 3.40. The molecule has 1 aromatic rings. The number of hydrogen-bond donors (Lipinski definition) is 3. The molecule has 18 heavy (non-hydrogen) atoms. The normalized spacial score (nSPS) is 23.2. The molecule has 0 radical (unpaired) electrons. The zero-order valence-electron chi connectivity index (χ0n) is 10.4. The second-order valence-corrected chi connectivity index (χ2v) is 6.57. The SMILES string of the molecule is Cc1[nH]c(=S)sc1CC(=O)NCC1CCCC1O. The molecule has 4 nitrogen and oxygen atoms in total. The van der Waals surface area contributed by atoms with Gasteiger partial charge >= 0.3 is 0 Å². The van der Waals surface area contributed by atoms with Crippen LogP contribution in [-0.2, 0) is 11.2 Å². The van der Waals surface area contributed by atoms with E-state index in [1.807, 2.05) is 6.92 Å². The van der Waals surface area contributed by atoms with Gasteiger partial charge in [-0.1, -0.05) is 6.42 Å². The van der Waals surface area contributed by atoms with Crippen LogP contribution in [0.1, 0.15) is 29.8 Å². The van der Waals surface area contributed by atoms with Gasteiger partial charge in [-0.15, -0.1) is 11.3 Å². The standard InChI is InChI=1S/C12H18N2O2S2/c1-7-10(18-12(17)14-7)5-11(16)13-6-8-3-2-4-9(8)15/h8-9,15H,2-6H2,1H3,(H,13,16)(H,14,17). The molecule has 1 aliphatic carbocycles. The van der Waals surface area contributed by atoms with Crippen molar-refractivity contribution in [1.29, 1.82) is 0 Å². The van der Waals surface area contributed by atoms with Gasteiger partial charge in [-0.3, -0.25) is 4.79 Å². The van der Waals surface area contributed by atoms with E-state index in [1.165, 1.54) is 11.3 Å². The maximum Gasteiger partial charge on any atom is 0.225 e. The highest BCUT2D eigenvalue weighted by Gasteiger charge is 2.25. The second-order valence-electron chi connectivity index (χ2n) is 4.80. The average Bonchev–Trinajstić information content (AvgIpc) is 2.83. The molecule has 0 aromatic carbocycles. The van der Waals surface area contributed by atoms with Crippen molar-refractivity contribution in [3.63, 3.8) is 0 Å². The zero-order valence-corrected chi connectivity index (χ0v) is 12.0. The number of aromatic amines is 1. The number of nitrogens with one attached hydrogen (secondary N) is 2. The lowest BCUT2D eigenvalue weighted by Crippen LogP contribution is -2.33. The second kappa shape index (κ2) is 5.95. The number of hydrogen-bond acceptors (Lipinski definition) is 4. The van der Waals surface area contributed by atoms with E-state index in [2.05, 4.69) is 10.3 Å². The van der Waals surface area contributed by atoms with Crippen LogP contribution in [0.3, 0.4) is 0 Å². The molecular formula is C12H18N2O2S2. The van der Waals surface area contributed by atoms with E-state index >= 15 is 0 Å². The molecule has 0 bridgehead atoms. The first-order valence-corrected chi connectivity index (χ1v) is 7.42. The minimum absolute atomic E-state index is 0.00227. The minimum atomic E-state index is -0.249. The number of aromatic nitrogens is 1. The van der Waals surface area contributed by atoms with Gasteiger partial charge < -0.3 is 15.4 Å².